The van der Waals surface area contributed by atoms with E-state index in [9.17, 15) is 19.8 Å². The molecule has 1 aliphatic heterocycles. The highest BCUT2D eigenvalue weighted by molar-refractivity contribution is 7.99. The Morgan fingerprint density at radius 3 is 3.00 bits per heavy atom. The van der Waals surface area contributed by atoms with Crippen molar-refractivity contribution in [2.75, 3.05) is 24.7 Å². The molecule has 8 heteroatoms. The molecule has 0 unspecified atom stereocenters. The molecule has 1 amide bonds. The van der Waals surface area contributed by atoms with Gasteiger partial charge < -0.3 is 19.8 Å². The second kappa shape index (κ2) is 9.07. The minimum Gasteiger partial charge on any atom is -0.507 e. The second-order valence-corrected chi connectivity index (χ2v) is 7.61. The molecule has 1 fully saturated rings. The molecule has 2 atom stereocenters. The van der Waals surface area contributed by atoms with Gasteiger partial charge in [0.25, 0.3) is 5.91 Å². The maximum absolute atomic E-state index is 13.1. The van der Waals surface area contributed by atoms with E-state index in [2.05, 4.69) is 4.98 Å². The molecule has 0 aliphatic carbocycles. The van der Waals surface area contributed by atoms with Gasteiger partial charge in [0.05, 0.1) is 29.0 Å². The molecule has 1 saturated heterocycles. The van der Waals surface area contributed by atoms with Crippen molar-refractivity contribution in [1.82, 2.24) is 9.88 Å². The van der Waals surface area contributed by atoms with Crippen molar-refractivity contribution in [3.63, 3.8) is 0 Å². The summed E-state index contributed by atoms with van der Waals surface area (Å²) in [5, 5.41) is 19.7. The molecule has 7 nitrogen and oxygen atoms in total. The number of hydrogen-bond donors (Lipinski definition) is 2. The lowest BCUT2D eigenvalue weighted by Crippen LogP contribution is -2.49. The summed E-state index contributed by atoms with van der Waals surface area (Å²) < 4.78 is 5.78. The number of nitrogens with zero attached hydrogens (tertiary/aromatic N) is 2. The van der Waals surface area contributed by atoms with Crippen LogP contribution in [0.4, 0.5) is 0 Å². The summed E-state index contributed by atoms with van der Waals surface area (Å²) in [5.74, 6) is 1.42. The van der Waals surface area contributed by atoms with Crippen LogP contribution in [0.15, 0.2) is 36.5 Å². The first kappa shape index (κ1) is 20.2. The van der Waals surface area contributed by atoms with Gasteiger partial charge in [0, 0.05) is 24.2 Å². The van der Waals surface area contributed by atoms with E-state index >= 15 is 0 Å². The number of benzene rings is 1. The zero-order valence-electron chi connectivity index (χ0n) is 15.4. The summed E-state index contributed by atoms with van der Waals surface area (Å²) in [6, 6.07) is 7.75. The minimum atomic E-state index is -0.851. The lowest BCUT2D eigenvalue weighted by atomic mass is 10.1. The molecule has 0 spiro atoms. The fraction of sp³-hybridized carbons (Fsp3) is 0.350. The van der Waals surface area contributed by atoms with Gasteiger partial charge in [-0.05, 0) is 31.2 Å². The predicted molar refractivity (Wildman–Crippen MR) is 106 cm³/mol. The Morgan fingerprint density at radius 2 is 2.25 bits per heavy atom. The number of hydrogen-bond acceptors (Lipinski definition) is 7. The Kier molecular flexibility index (Phi) is 6.53. The average molecular weight is 402 g/mol. The Labute approximate surface area is 167 Å². The van der Waals surface area contributed by atoms with Gasteiger partial charge >= 0.3 is 0 Å². The first-order valence-electron chi connectivity index (χ1n) is 8.94. The number of thioether (sulfide) groups is 1. The summed E-state index contributed by atoms with van der Waals surface area (Å²) in [4.78, 5) is 30.2. The predicted octanol–water partition coefficient (Wildman–Crippen LogP) is 2.29. The van der Waals surface area contributed by atoms with Crippen LogP contribution in [-0.2, 0) is 0 Å². The van der Waals surface area contributed by atoms with Crippen molar-refractivity contribution in [1.29, 1.82) is 0 Å². The smallest absolute Gasteiger partial charge is 0.256 e. The fourth-order valence-corrected chi connectivity index (χ4v) is 4.15. The molecule has 3 rings (SSSR count). The highest BCUT2D eigenvalue weighted by Crippen LogP contribution is 2.27. The number of rotatable bonds is 6. The maximum atomic E-state index is 13.1. The summed E-state index contributed by atoms with van der Waals surface area (Å²) in [5.41, 5.74) is 0.814. The van der Waals surface area contributed by atoms with Crippen molar-refractivity contribution in [2.45, 2.75) is 19.1 Å². The van der Waals surface area contributed by atoms with E-state index in [1.54, 1.807) is 54.0 Å². The molecule has 0 saturated carbocycles. The van der Waals surface area contributed by atoms with E-state index in [0.29, 0.717) is 29.8 Å². The number of pyridine rings is 1. The topological polar surface area (TPSA) is 100.0 Å². The number of aromatic nitrogens is 1. The Hall–Kier alpha value is -2.58. The molecule has 0 radical (unpaired) electrons. The number of aliphatic hydroxyl groups is 1. The number of carbonyl (C=O) groups is 2. The molecule has 148 valence electrons. The summed E-state index contributed by atoms with van der Waals surface area (Å²) in [6.07, 6.45) is 1.25. The van der Waals surface area contributed by atoms with Crippen LogP contribution in [-0.4, -0.2) is 63.0 Å². The van der Waals surface area contributed by atoms with Gasteiger partial charge in [0.1, 0.15) is 18.1 Å². The van der Waals surface area contributed by atoms with Crippen LogP contribution >= 0.6 is 11.8 Å². The maximum Gasteiger partial charge on any atom is 0.256 e. The largest absolute Gasteiger partial charge is 0.507 e. The van der Waals surface area contributed by atoms with Gasteiger partial charge in [-0.1, -0.05) is 6.07 Å². The SMILES string of the molecule is C[C@@H](O)c1ncccc1C(=O)N1CCSC[C@@H]1COc1cccc(O)c1C=O. The van der Waals surface area contributed by atoms with Crippen LogP contribution in [0.2, 0.25) is 0 Å². The normalized spacial score (nSPS) is 17.8. The van der Waals surface area contributed by atoms with Gasteiger partial charge in [-0.15, -0.1) is 0 Å². The van der Waals surface area contributed by atoms with Crippen molar-refractivity contribution in [3.8, 4) is 11.5 Å². The first-order chi connectivity index (χ1) is 13.5. The summed E-state index contributed by atoms with van der Waals surface area (Å²) in [6.45, 7) is 2.31. The highest BCUT2D eigenvalue weighted by Gasteiger charge is 2.30. The molecule has 1 aromatic heterocycles. The molecule has 0 bridgehead atoms. The van der Waals surface area contributed by atoms with Crippen LogP contribution in [0.3, 0.4) is 0 Å². The van der Waals surface area contributed by atoms with E-state index in [1.165, 1.54) is 6.07 Å². The quantitative estimate of drug-likeness (QED) is 0.715. The standard InChI is InChI=1S/C20H22N2O5S/c1-13(24)19-15(4-3-7-21-19)20(26)22-8-9-28-12-14(22)11-27-18-6-2-5-17(25)16(18)10-23/h2-7,10,13-14,24-25H,8-9,11-12H2,1H3/t13-,14+/m1/s1. The van der Waals surface area contributed by atoms with E-state index < -0.39 is 6.10 Å². The Balaban J connectivity index is 1.79. The van der Waals surface area contributed by atoms with Crippen molar-refractivity contribution in [2.24, 2.45) is 0 Å². The van der Waals surface area contributed by atoms with E-state index in [0.717, 1.165) is 5.75 Å². The highest BCUT2D eigenvalue weighted by atomic mass is 32.2. The fourth-order valence-electron chi connectivity index (χ4n) is 3.11. The molecule has 2 N–H and O–H groups in total. The molecule has 2 aromatic rings. The van der Waals surface area contributed by atoms with Gasteiger partial charge in [-0.3, -0.25) is 14.6 Å². The summed E-state index contributed by atoms with van der Waals surface area (Å²) in [7, 11) is 0. The van der Waals surface area contributed by atoms with Crippen molar-refractivity contribution < 1.29 is 24.5 Å². The molecular weight excluding hydrogens is 380 g/mol. The van der Waals surface area contributed by atoms with Crippen molar-refractivity contribution >= 4 is 24.0 Å². The molecular formula is C20H22N2O5S. The van der Waals surface area contributed by atoms with E-state index in [4.69, 9.17) is 4.74 Å². The number of ether oxygens (including phenoxy) is 1. The van der Waals surface area contributed by atoms with Crippen LogP contribution in [0, 0.1) is 0 Å². The summed E-state index contributed by atoms with van der Waals surface area (Å²) >= 11 is 1.72. The third-order valence-electron chi connectivity index (χ3n) is 4.55. The van der Waals surface area contributed by atoms with E-state index in [1.807, 2.05) is 0 Å². The number of carbonyl (C=O) groups excluding carboxylic acids is 2. The average Bonchev–Trinajstić information content (AvgIpc) is 2.72. The Bertz CT molecular complexity index is 858. The monoisotopic (exact) mass is 402 g/mol. The minimum absolute atomic E-state index is 0.0903. The van der Waals surface area contributed by atoms with Crippen LogP contribution in [0.5, 0.6) is 11.5 Å². The number of amides is 1. The first-order valence-corrected chi connectivity index (χ1v) is 10.1. The zero-order valence-corrected chi connectivity index (χ0v) is 16.3. The number of phenols is 1. The number of aromatic hydroxyl groups is 1. The van der Waals surface area contributed by atoms with Crippen LogP contribution in [0.25, 0.3) is 0 Å². The third-order valence-corrected chi connectivity index (χ3v) is 5.64. The van der Waals surface area contributed by atoms with Gasteiger partial charge in [-0.2, -0.15) is 11.8 Å². The van der Waals surface area contributed by atoms with Gasteiger partial charge in [-0.25, -0.2) is 0 Å². The number of phenolic OH excluding ortho intramolecular Hbond substituents is 1. The third kappa shape index (κ3) is 4.28. The molecule has 28 heavy (non-hydrogen) atoms. The second-order valence-electron chi connectivity index (χ2n) is 6.46. The lowest BCUT2D eigenvalue weighted by molar-refractivity contribution is 0.0640. The number of aliphatic hydroxyl groups excluding tert-OH is 1. The van der Waals surface area contributed by atoms with Crippen molar-refractivity contribution in [3.05, 3.63) is 53.3 Å². The lowest BCUT2D eigenvalue weighted by Gasteiger charge is -2.35. The van der Waals surface area contributed by atoms with Gasteiger partial charge in [0.15, 0.2) is 6.29 Å². The van der Waals surface area contributed by atoms with Gasteiger partial charge in [0.2, 0.25) is 0 Å². The molecule has 1 aliphatic rings. The van der Waals surface area contributed by atoms with E-state index in [-0.39, 0.29) is 35.6 Å². The number of aldehydes is 1. The Morgan fingerprint density at radius 1 is 1.43 bits per heavy atom. The molecule has 2 heterocycles. The van der Waals surface area contributed by atoms with Crippen LogP contribution < -0.4 is 4.74 Å². The molecule has 1 aromatic carbocycles. The zero-order chi connectivity index (χ0) is 20.1. The van der Waals surface area contributed by atoms with Crippen LogP contribution in [0.1, 0.15) is 39.4 Å².